The van der Waals surface area contributed by atoms with Crippen LogP contribution in [0, 0.1) is 0 Å². The molecule has 0 saturated heterocycles. The molecule has 0 saturated carbocycles. The lowest BCUT2D eigenvalue weighted by molar-refractivity contribution is 0.775. The van der Waals surface area contributed by atoms with Crippen LogP contribution in [-0.4, -0.2) is 6.54 Å². The first-order chi connectivity index (χ1) is 6.31. The van der Waals surface area contributed by atoms with Gasteiger partial charge < -0.3 is 5.73 Å². The van der Waals surface area contributed by atoms with Crippen molar-refractivity contribution < 1.29 is 0 Å². The second kappa shape index (κ2) is 3.48. The van der Waals surface area contributed by atoms with E-state index in [1.54, 1.807) is 11.3 Å². The van der Waals surface area contributed by atoms with E-state index in [0.29, 0.717) is 5.92 Å². The standard InChI is InChI=1S/C11H13NS/c1-8(7-12)9-2-3-11-10(6-9)4-5-13-11/h2-6,8H,7,12H2,1H3. The summed E-state index contributed by atoms with van der Waals surface area (Å²) in [6, 6.07) is 8.76. The lowest BCUT2D eigenvalue weighted by Gasteiger charge is -2.08. The Balaban J connectivity index is 2.48. The second-order valence-electron chi connectivity index (χ2n) is 3.35. The van der Waals surface area contributed by atoms with Gasteiger partial charge in [0.15, 0.2) is 0 Å². The zero-order chi connectivity index (χ0) is 9.26. The quantitative estimate of drug-likeness (QED) is 0.776. The molecule has 1 aromatic carbocycles. The van der Waals surface area contributed by atoms with Crippen LogP contribution in [0.3, 0.4) is 0 Å². The normalized spacial score (nSPS) is 13.4. The van der Waals surface area contributed by atoms with Gasteiger partial charge in [-0.1, -0.05) is 13.0 Å². The summed E-state index contributed by atoms with van der Waals surface area (Å²) in [5.41, 5.74) is 6.97. The fraction of sp³-hybridized carbons (Fsp3) is 0.273. The van der Waals surface area contributed by atoms with Crippen LogP contribution >= 0.6 is 11.3 Å². The summed E-state index contributed by atoms with van der Waals surface area (Å²) in [5.74, 6) is 0.462. The molecule has 0 amide bonds. The predicted octanol–water partition coefficient (Wildman–Crippen LogP) is 2.96. The predicted molar refractivity (Wildman–Crippen MR) is 59.3 cm³/mol. The molecule has 0 fully saturated rings. The van der Waals surface area contributed by atoms with Crippen molar-refractivity contribution in [1.29, 1.82) is 0 Å². The van der Waals surface area contributed by atoms with E-state index in [-0.39, 0.29) is 0 Å². The molecule has 0 aliphatic carbocycles. The Hall–Kier alpha value is -0.860. The molecule has 2 aromatic rings. The molecule has 68 valence electrons. The molecule has 0 aliphatic heterocycles. The van der Waals surface area contributed by atoms with Crippen molar-refractivity contribution in [3.8, 4) is 0 Å². The molecule has 1 aromatic heterocycles. The van der Waals surface area contributed by atoms with Gasteiger partial charge in [0.25, 0.3) is 0 Å². The monoisotopic (exact) mass is 191 g/mol. The Bertz CT molecular complexity index is 405. The molecule has 1 atom stereocenters. The van der Waals surface area contributed by atoms with E-state index in [9.17, 15) is 0 Å². The Kier molecular flexibility index (Phi) is 2.34. The van der Waals surface area contributed by atoms with Crippen LogP contribution in [0.5, 0.6) is 0 Å². The fourth-order valence-corrected chi connectivity index (χ4v) is 2.20. The minimum atomic E-state index is 0.462. The van der Waals surface area contributed by atoms with E-state index in [1.165, 1.54) is 15.6 Å². The molecule has 2 N–H and O–H groups in total. The Morgan fingerprint density at radius 1 is 1.38 bits per heavy atom. The van der Waals surface area contributed by atoms with E-state index >= 15 is 0 Å². The van der Waals surface area contributed by atoms with Crippen LogP contribution in [0.15, 0.2) is 29.6 Å². The highest BCUT2D eigenvalue weighted by Gasteiger charge is 2.03. The third-order valence-electron chi connectivity index (χ3n) is 2.40. The van der Waals surface area contributed by atoms with Gasteiger partial charge in [-0.2, -0.15) is 0 Å². The Labute approximate surface area is 82.2 Å². The number of nitrogens with two attached hydrogens (primary N) is 1. The van der Waals surface area contributed by atoms with Crippen molar-refractivity contribution in [3.05, 3.63) is 35.2 Å². The minimum Gasteiger partial charge on any atom is -0.330 e. The van der Waals surface area contributed by atoms with E-state index in [4.69, 9.17) is 5.73 Å². The first kappa shape index (κ1) is 8.73. The third kappa shape index (κ3) is 1.60. The van der Waals surface area contributed by atoms with Gasteiger partial charge in [0, 0.05) is 4.70 Å². The summed E-state index contributed by atoms with van der Waals surface area (Å²) < 4.78 is 1.35. The molecule has 0 spiro atoms. The number of fused-ring (bicyclic) bond motifs is 1. The molecule has 1 heterocycles. The highest BCUT2D eigenvalue weighted by molar-refractivity contribution is 7.17. The van der Waals surface area contributed by atoms with Crippen LogP contribution in [0.25, 0.3) is 10.1 Å². The average Bonchev–Trinajstić information content (AvgIpc) is 2.63. The minimum absolute atomic E-state index is 0.462. The second-order valence-corrected chi connectivity index (χ2v) is 4.30. The molecule has 0 bridgehead atoms. The maximum atomic E-state index is 5.63. The molecule has 2 rings (SSSR count). The van der Waals surface area contributed by atoms with Crippen molar-refractivity contribution in [1.82, 2.24) is 0 Å². The number of benzene rings is 1. The SMILES string of the molecule is CC(CN)c1ccc2sccc2c1. The zero-order valence-corrected chi connectivity index (χ0v) is 8.47. The molecule has 1 nitrogen and oxygen atoms in total. The maximum absolute atomic E-state index is 5.63. The van der Waals surface area contributed by atoms with Gasteiger partial charge in [0.05, 0.1) is 0 Å². The largest absolute Gasteiger partial charge is 0.330 e. The molecule has 13 heavy (non-hydrogen) atoms. The van der Waals surface area contributed by atoms with E-state index in [0.717, 1.165) is 6.54 Å². The van der Waals surface area contributed by atoms with Crippen LogP contribution < -0.4 is 5.73 Å². The number of hydrogen-bond donors (Lipinski definition) is 1. The van der Waals surface area contributed by atoms with Gasteiger partial charge in [-0.3, -0.25) is 0 Å². The van der Waals surface area contributed by atoms with Crippen LogP contribution in [0.1, 0.15) is 18.4 Å². The Morgan fingerprint density at radius 2 is 2.23 bits per heavy atom. The molecular formula is C11H13NS. The van der Waals surface area contributed by atoms with Crippen molar-refractivity contribution in [2.75, 3.05) is 6.54 Å². The number of thiophene rings is 1. The van der Waals surface area contributed by atoms with Gasteiger partial charge in [0.2, 0.25) is 0 Å². The van der Waals surface area contributed by atoms with Gasteiger partial charge >= 0.3 is 0 Å². The van der Waals surface area contributed by atoms with Crippen LogP contribution in [-0.2, 0) is 0 Å². The van der Waals surface area contributed by atoms with Crippen LogP contribution in [0.4, 0.5) is 0 Å². The highest BCUT2D eigenvalue weighted by Crippen LogP contribution is 2.24. The summed E-state index contributed by atoms with van der Waals surface area (Å²) in [4.78, 5) is 0. The van der Waals surface area contributed by atoms with Gasteiger partial charge in [-0.05, 0) is 47.0 Å². The lowest BCUT2D eigenvalue weighted by atomic mass is 10.0. The molecular weight excluding hydrogens is 178 g/mol. The summed E-state index contributed by atoms with van der Waals surface area (Å²) in [6.07, 6.45) is 0. The average molecular weight is 191 g/mol. The highest BCUT2D eigenvalue weighted by atomic mass is 32.1. The van der Waals surface area contributed by atoms with Gasteiger partial charge in [-0.25, -0.2) is 0 Å². The molecule has 1 unspecified atom stereocenters. The topological polar surface area (TPSA) is 26.0 Å². The molecule has 0 radical (unpaired) electrons. The first-order valence-corrected chi connectivity index (χ1v) is 5.36. The summed E-state index contributed by atoms with van der Waals surface area (Å²) >= 11 is 1.78. The van der Waals surface area contributed by atoms with Gasteiger partial charge in [0.1, 0.15) is 0 Å². The van der Waals surface area contributed by atoms with E-state index in [1.807, 2.05) is 0 Å². The maximum Gasteiger partial charge on any atom is 0.0342 e. The first-order valence-electron chi connectivity index (χ1n) is 4.48. The number of rotatable bonds is 2. The smallest absolute Gasteiger partial charge is 0.0342 e. The summed E-state index contributed by atoms with van der Waals surface area (Å²) in [6.45, 7) is 2.88. The molecule has 0 aliphatic rings. The van der Waals surface area contributed by atoms with Crippen molar-refractivity contribution in [3.63, 3.8) is 0 Å². The van der Waals surface area contributed by atoms with Crippen molar-refractivity contribution in [2.45, 2.75) is 12.8 Å². The van der Waals surface area contributed by atoms with Crippen LogP contribution in [0.2, 0.25) is 0 Å². The number of hydrogen-bond acceptors (Lipinski definition) is 2. The zero-order valence-electron chi connectivity index (χ0n) is 7.66. The third-order valence-corrected chi connectivity index (χ3v) is 3.30. The summed E-state index contributed by atoms with van der Waals surface area (Å²) in [5, 5.41) is 3.46. The molecule has 2 heteroatoms. The van der Waals surface area contributed by atoms with Gasteiger partial charge in [-0.15, -0.1) is 11.3 Å². The van der Waals surface area contributed by atoms with Crippen molar-refractivity contribution in [2.24, 2.45) is 5.73 Å². The fourth-order valence-electron chi connectivity index (χ4n) is 1.43. The Morgan fingerprint density at radius 3 is 3.00 bits per heavy atom. The van der Waals surface area contributed by atoms with Crippen molar-refractivity contribution >= 4 is 21.4 Å². The van der Waals surface area contributed by atoms with E-state index in [2.05, 4.69) is 36.6 Å². The van der Waals surface area contributed by atoms with E-state index < -0.39 is 0 Å². The summed E-state index contributed by atoms with van der Waals surface area (Å²) in [7, 11) is 0. The lowest BCUT2D eigenvalue weighted by Crippen LogP contribution is -2.08.